The molecule has 32 heavy (non-hydrogen) atoms. The van der Waals surface area contributed by atoms with Gasteiger partial charge in [0.2, 0.25) is 0 Å². The summed E-state index contributed by atoms with van der Waals surface area (Å²) in [7, 11) is 0. The standard InChI is InChI=1S/C25H19BrFN3OS/c1-15-9-10-16(17(26)14-15)21-11-12-22(31-21)24-23(19-7-4-5-13-28-19)29-25(32)30(24)20-8-3-2-6-18(20)27/h2-14,23-24H,1H3,(H,29,32)/t23-,24+/m1/s1. The van der Waals surface area contributed by atoms with Gasteiger partial charge < -0.3 is 14.6 Å². The SMILES string of the molecule is Cc1ccc(-c2ccc([C@H]3[C@@H](c4ccccn4)NC(=S)N3c3ccccc3F)o2)c(Br)c1. The number of rotatable bonds is 4. The van der Waals surface area contributed by atoms with E-state index < -0.39 is 6.04 Å². The van der Waals surface area contributed by atoms with Crippen LogP contribution in [0.4, 0.5) is 10.1 Å². The third kappa shape index (κ3) is 3.72. The molecule has 7 heteroatoms. The van der Waals surface area contributed by atoms with Gasteiger partial charge in [0.1, 0.15) is 23.4 Å². The summed E-state index contributed by atoms with van der Waals surface area (Å²) in [6.45, 7) is 2.04. The summed E-state index contributed by atoms with van der Waals surface area (Å²) in [6, 6.07) is 21.6. The van der Waals surface area contributed by atoms with Crippen LogP contribution in [0.25, 0.3) is 11.3 Å². The lowest BCUT2D eigenvalue weighted by molar-refractivity contribution is 0.437. The quantitative estimate of drug-likeness (QED) is 0.310. The lowest BCUT2D eigenvalue weighted by Crippen LogP contribution is -2.30. The van der Waals surface area contributed by atoms with E-state index in [0.717, 1.165) is 27.1 Å². The lowest BCUT2D eigenvalue weighted by atomic mass is 10.0. The Labute approximate surface area is 199 Å². The third-order valence-corrected chi connectivity index (χ3v) is 6.49. The Balaban J connectivity index is 1.62. The first-order chi connectivity index (χ1) is 15.5. The van der Waals surface area contributed by atoms with Crippen molar-refractivity contribution in [3.63, 3.8) is 0 Å². The maximum Gasteiger partial charge on any atom is 0.174 e. The second kappa shape index (κ2) is 8.48. The first kappa shape index (κ1) is 20.8. The second-order valence-corrected chi connectivity index (χ2v) is 8.87. The fourth-order valence-corrected chi connectivity index (χ4v) is 5.05. The molecular formula is C25H19BrFN3OS. The average Bonchev–Trinajstić information content (AvgIpc) is 3.39. The van der Waals surface area contributed by atoms with Crippen LogP contribution in [-0.4, -0.2) is 10.1 Å². The normalized spacial score (nSPS) is 18.1. The molecule has 4 aromatic rings. The summed E-state index contributed by atoms with van der Waals surface area (Å²) in [5, 5.41) is 3.74. The second-order valence-electron chi connectivity index (χ2n) is 7.63. The average molecular weight is 508 g/mol. The molecule has 1 N–H and O–H groups in total. The van der Waals surface area contributed by atoms with E-state index in [1.165, 1.54) is 6.07 Å². The molecule has 1 fully saturated rings. The van der Waals surface area contributed by atoms with Gasteiger partial charge in [-0.05, 0) is 73.2 Å². The molecule has 5 rings (SSSR count). The van der Waals surface area contributed by atoms with Gasteiger partial charge in [-0.15, -0.1) is 0 Å². The Morgan fingerprint density at radius 2 is 1.88 bits per heavy atom. The monoisotopic (exact) mass is 507 g/mol. The molecule has 0 bridgehead atoms. The number of aromatic nitrogens is 1. The Hall–Kier alpha value is -3.03. The zero-order valence-corrected chi connectivity index (χ0v) is 19.5. The Morgan fingerprint density at radius 3 is 2.62 bits per heavy atom. The van der Waals surface area contributed by atoms with Crippen LogP contribution in [0, 0.1) is 12.7 Å². The number of nitrogens with one attached hydrogen (secondary N) is 1. The molecular weight excluding hydrogens is 489 g/mol. The van der Waals surface area contributed by atoms with Gasteiger partial charge in [-0.2, -0.15) is 0 Å². The minimum absolute atomic E-state index is 0.302. The van der Waals surface area contributed by atoms with Gasteiger partial charge in [0.05, 0.1) is 17.4 Å². The summed E-state index contributed by atoms with van der Waals surface area (Å²) < 4.78 is 22.1. The molecule has 0 unspecified atom stereocenters. The lowest BCUT2D eigenvalue weighted by Gasteiger charge is -2.26. The van der Waals surface area contributed by atoms with E-state index >= 15 is 0 Å². The van der Waals surface area contributed by atoms with E-state index in [2.05, 4.69) is 26.2 Å². The number of pyridine rings is 1. The number of thiocarbonyl (C=S) groups is 1. The number of benzene rings is 2. The van der Waals surface area contributed by atoms with Crippen LogP contribution < -0.4 is 10.2 Å². The van der Waals surface area contributed by atoms with Crippen molar-refractivity contribution in [3.05, 3.63) is 106 Å². The maximum absolute atomic E-state index is 14.8. The molecule has 0 spiro atoms. The van der Waals surface area contributed by atoms with Gasteiger partial charge in [0, 0.05) is 16.2 Å². The van der Waals surface area contributed by atoms with Gasteiger partial charge in [0.25, 0.3) is 0 Å². The molecule has 4 nitrogen and oxygen atoms in total. The third-order valence-electron chi connectivity index (χ3n) is 5.52. The van der Waals surface area contributed by atoms with Crippen LogP contribution in [-0.2, 0) is 0 Å². The van der Waals surface area contributed by atoms with E-state index in [-0.39, 0.29) is 11.9 Å². The highest BCUT2D eigenvalue weighted by molar-refractivity contribution is 9.10. The number of anilines is 1. The zero-order chi connectivity index (χ0) is 22.2. The van der Waals surface area contributed by atoms with Crippen molar-refractivity contribution in [1.82, 2.24) is 10.3 Å². The topological polar surface area (TPSA) is 41.3 Å². The Bertz CT molecular complexity index is 1290. The van der Waals surface area contributed by atoms with Crippen molar-refractivity contribution in [2.75, 3.05) is 4.90 Å². The van der Waals surface area contributed by atoms with Gasteiger partial charge in [-0.1, -0.05) is 40.2 Å². The number of halogens is 2. The number of hydrogen-bond acceptors (Lipinski definition) is 3. The molecule has 0 amide bonds. The fraction of sp³-hybridized carbons (Fsp3) is 0.120. The van der Waals surface area contributed by atoms with Crippen molar-refractivity contribution < 1.29 is 8.81 Å². The molecule has 160 valence electrons. The minimum atomic E-state index is -0.410. The molecule has 1 saturated heterocycles. The first-order valence-electron chi connectivity index (χ1n) is 10.1. The minimum Gasteiger partial charge on any atom is -0.459 e. The van der Waals surface area contributed by atoms with Crippen molar-refractivity contribution in [2.45, 2.75) is 19.0 Å². The van der Waals surface area contributed by atoms with Crippen molar-refractivity contribution >= 4 is 38.9 Å². The van der Waals surface area contributed by atoms with Crippen molar-refractivity contribution in [3.8, 4) is 11.3 Å². The van der Waals surface area contributed by atoms with E-state index in [0.29, 0.717) is 16.6 Å². The Kier molecular flexibility index (Phi) is 5.53. The molecule has 2 atom stereocenters. The highest BCUT2D eigenvalue weighted by atomic mass is 79.9. The van der Waals surface area contributed by atoms with Gasteiger partial charge >= 0.3 is 0 Å². The van der Waals surface area contributed by atoms with Crippen LogP contribution >= 0.6 is 28.1 Å². The van der Waals surface area contributed by atoms with E-state index in [1.807, 2.05) is 55.5 Å². The number of para-hydroxylation sites is 1. The molecule has 0 saturated carbocycles. The number of nitrogens with zero attached hydrogens (tertiary/aromatic N) is 2. The van der Waals surface area contributed by atoms with Crippen LogP contribution in [0.3, 0.4) is 0 Å². The summed E-state index contributed by atoms with van der Waals surface area (Å²) in [6.07, 6.45) is 1.74. The molecule has 0 radical (unpaired) electrons. The predicted octanol–water partition coefficient (Wildman–Crippen LogP) is 6.73. The number of furan rings is 1. The summed E-state index contributed by atoms with van der Waals surface area (Å²) in [5.41, 5.74) is 3.29. The molecule has 0 aliphatic carbocycles. The van der Waals surface area contributed by atoms with E-state index in [1.54, 1.807) is 29.3 Å². The van der Waals surface area contributed by atoms with E-state index in [4.69, 9.17) is 16.6 Å². The van der Waals surface area contributed by atoms with Gasteiger partial charge in [-0.25, -0.2) is 4.39 Å². The van der Waals surface area contributed by atoms with E-state index in [9.17, 15) is 4.39 Å². The predicted molar refractivity (Wildman–Crippen MR) is 131 cm³/mol. The largest absolute Gasteiger partial charge is 0.459 e. The molecule has 1 aliphatic rings. The van der Waals surface area contributed by atoms with Crippen LogP contribution in [0.5, 0.6) is 0 Å². The van der Waals surface area contributed by atoms with Crippen molar-refractivity contribution in [2.24, 2.45) is 0 Å². The fourth-order valence-electron chi connectivity index (χ4n) is 4.03. The summed E-state index contributed by atoms with van der Waals surface area (Å²) in [5.74, 6) is 1.04. The summed E-state index contributed by atoms with van der Waals surface area (Å²) >= 11 is 9.27. The highest BCUT2D eigenvalue weighted by Gasteiger charge is 2.43. The zero-order valence-electron chi connectivity index (χ0n) is 17.1. The molecule has 3 heterocycles. The molecule has 2 aromatic carbocycles. The van der Waals surface area contributed by atoms with Crippen LogP contribution in [0.15, 0.2) is 87.9 Å². The maximum atomic E-state index is 14.8. The van der Waals surface area contributed by atoms with Crippen LogP contribution in [0.1, 0.15) is 29.1 Å². The molecule has 2 aromatic heterocycles. The van der Waals surface area contributed by atoms with Gasteiger partial charge in [-0.3, -0.25) is 4.98 Å². The van der Waals surface area contributed by atoms with Crippen LogP contribution in [0.2, 0.25) is 0 Å². The molecule has 1 aliphatic heterocycles. The number of aryl methyl sites for hydroxylation is 1. The highest BCUT2D eigenvalue weighted by Crippen LogP contribution is 2.44. The van der Waals surface area contributed by atoms with Crippen molar-refractivity contribution in [1.29, 1.82) is 0 Å². The van der Waals surface area contributed by atoms with Gasteiger partial charge in [0.15, 0.2) is 5.11 Å². The first-order valence-corrected chi connectivity index (χ1v) is 11.3. The smallest absolute Gasteiger partial charge is 0.174 e. The Morgan fingerprint density at radius 1 is 1.06 bits per heavy atom. The number of hydrogen-bond donors (Lipinski definition) is 1. The summed E-state index contributed by atoms with van der Waals surface area (Å²) in [4.78, 5) is 6.29.